The third kappa shape index (κ3) is 22.7. The zero-order valence-electron chi connectivity index (χ0n) is 60.4. The topological polar surface area (TPSA) is 336 Å². The van der Waals surface area contributed by atoms with Gasteiger partial charge in [-0.15, -0.1) is 0 Å². The molecule has 0 atom stereocenters. The van der Waals surface area contributed by atoms with Gasteiger partial charge in [-0.1, -0.05) is 135 Å². The van der Waals surface area contributed by atoms with Crippen LogP contribution in [0.2, 0.25) is 0 Å². The van der Waals surface area contributed by atoms with Gasteiger partial charge in [0, 0.05) is 75.9 Å². The fraction of sp³-hybridized carbons (Fsp3) is 0.181. The molecule has 13 aromatic rings. The van der Waals surface area contributed by atoms with Crippen LogP contribution in [0.25, 0.3) is 85.5 Å². The second-order valence-electron chi connectivity index (χ2n) is 24.5. The van der Waals surface area contributed by atoms with Crippen LogP contribution in [0, 0.1) is 0 Å². The van der Waals surface area contributed by atoms with Crippen LogP contribution in [0.1, 0.15) is 96.7 Å². The highest BCUT2D eigenvalue weighted by atomic mass is 16.5. The van der Waals surface area contributed by atoms with Gasteiger partial charge in [-0.2, -0.15) is 0 Å². The minimum Gasteiger partial charge on any atom is -0.331 e. The lowest BCUT2D eigenvalue weighted by Gasteiger charge is -2.08. The molecule has 0 saturated carbocycles. The van der Waals surface area contributed by atoms with Crippen LogP contribution < -0.4 is 27.4 Å². The van der Waals surface area contributed by atoms with E-state index in [0.29, 0.717) is 0 Å². The Hall–Kier alpha value is -13.0. The number of hydrogen-bond acceptors (Lipinski definition) is 15. The summed E-state index contributed by atoms with van der Waals surface area (Å²) in [6.45, 7) is 12.8. The summed E-state index contributed by atoms with van der Waals surface area (Å²) in [5.41, 5.74) is 25.8. The van der Waals surface area contributed by atoms with Crippen molar-refractivity contribution >= 4 is 115 Å². The molecule has 0 saturated heterocycles. The van der Waals surface area contributed by atoms with Crippen LogP contribution in [0.15, 0.2) is 231 Å². The Morgan fingerprint density at radius 2 is 0.648 bits per heavy atom. The van der Waals surface area contributed by atoms with E-state index in [0.717, 1.165) is 166 Å². The quantitative estimate of drug-likeness (QED) is 0.0153. The standard InChI is InChI=1S/C21H23N3O2.C20H21N3O2.C17H15N3O2.C13H15N3O2.C12H13N3O2/c1-2-14-24-19-11-8-17(10-13-21(25)23-26)15-18(19)22-20(24)12-9-16-6-4-3-5-7-16;1-2-23-18-11-8-16(10-13-20(24)22-25)14-17(18)21-19(23)12-9-15-6-4-3-5-7-15;21-17(19-22)9-7-13-6-8-16-15(10-13)18-12-20(16)11-14-4-2-1-3-5-14;1-2-7-16-9-14-11-8-10(3-5-12(11)16)4-6-13(17)15-18;1-2-15-8-13-10-7-9(3-5-11(10)15)4-6-12(16)14-17/h3-8,10-11,13,15,26H,2,9,12,14H2,1H3,(H,23,25);3-8,10-11,13-14,25H,2,9,12H2,1H3,(H,22,24);1-10,12,22H,11H2,(H,19,21);3-6,8-9,18H,2,7H2,1H3,(H,15,17);3-8,17H,2H2,1H3,(H,14,16)/b2*13-10+;9-7+;2*6-4+. The van der Waals surface area contributed by atoms with E-state index in [2.05, 4.69) is 122 Å². The molecule has 5 heterocycles. The van der Waals surface area contributed by atoms with Crippen molar-refractivity contribution in [3.05, 3.63) is 288 Å². The minimum absolute atomic E-state index is 0.549. The summed E-state index contributed by atoms with van der Waals surface area (Å²) in [7, 11) is 0. The molecule has 10 N–H and O–H groups in total. The van der Waals surface area contributed by atoms with E-state index in [1.165, 1.54) is 47.1 Å². The number of aromatic nitrogens is 10. The van der Waals surface area contributed by atoms with Crippen LogP contribution >= 0.6 is 0 Å². The van der Waals surface area contributed by atoms with Gasteiger partial charge in [-0.05, 0) is 175 Å². The second-order valence-corrected chi connectivity index (χ2v) is 24.5. The first-order chi connectivity index (χ1) is 52.7. The molecule has 0 bridgehead atoms. The number of aryl methyl sites for hydroxylation is 8. The molecule has 8 aromatic carbocycles. The number of hydrogen-bond donors (Lipinski definition) is 10. The summed E-state index contributed by atoms with van der Waals surface area (Å²) in [6, 6.07) is 60.2. The van der Waals surface area contributed by atoms with Crippen LogP contribution in [0.3, 0.4) is 0 Å². The van der Waals surface area contributed by atoms with Crippen LogP contribution in [-0.2, 0) is 82.4 Å². The molecule has 0 radical (unpaired) electrons. The highest BCUT2D eigenvalue weighted by molar-refractivity contribution is 5.95. The monoisotopic (exact) mass is 1450 g/mol. The van der Waals surface area contributed by atoms with E-state index in [1.54, 1.807) is 64.1 Å². The maximum atomic E-state index is 11.1. The van der Waals surface area contributed by atoms with Crippen LogP contribution in [-0.4, -0.2) is 103 Å². The Bertz CT molecular complexity index is 5300. The fourth-order valence-electron chi connectivity index (χ4n) is 11.8. The number of fused-ring (bicyclic) bond motifs is 5. The Balaban J connectivity index is 0.000000157. The van der Waals surface area contributed by atoms with Crippen molar-refractivity contribution < 1.29 is 50.0 Å². The lowest BCUT2D eigenvalue weighted by molar-refractivity contribution is -0.124. The summed E-state index contributed by atoms with van der Waals surface area (Å²) < 4.78 is 10.7. The molecule has 25 nitrogen and oxygen atoms in total. The van der Waals surface area contributed by atoms with Gasteiger partial charge < -0.3 is 22.8 Å². The number of carbonyl (C=O) groups excluding carboxylic acids is 5. The third-order valence-electron chi connectivity index (χ3n) is 17.0. The number of amides is 5. The number of carbonyl (C=O) groups is 5. The predicted molar refractivity (Wildman–Crippen MR) is 419 cm³/mol. The average Bonchev–Trinajstić information content (AvgIpc) is 1.66. The average molecular weight is 1450 g/mol. The summed E-state index contributed by atoms with van der Waals surface area (Å²) in [5, 5.41) is 42.3. The second kappa shape index (κ2) is 40.9. The molecule has 0 aliphatic rings. The van der Waals surface area contributed by atoms with Crippen LogP contribution in [0.5, 0.6) is 0 Å². The molecule has 25 heteroatoms. The molecule has 13 rings (SSSR count). The van der Waals surface area contributed by atoms with Gasteiger partial charge in [0.2, 0.25) is 0 Å². The first-order valence-corrected chi connectivity index (χ1v) is 35.2. The molecule has 554 valence electrons. The minimum atomic E-state index is -0.560. The lowest BCUT2D eigenvalue weighted by Crippen LogP contribution is -2.14. The van der Waals surface area contributed by atoms with Crippen LogP contribution in [0.4, 0.5) is 0 Å². The number of nitrogens with zero attached hydrogens (tertiary/aromatic N) is 10. The number of rotatable bonds is 24. The number of benzene rings is 8. The summed E-state index contributed by atoms with van der Waals surface area (Å²) in [5.74, 6) is -0.617. The van der Waals surface area contributed by atoms with Crippen molar-refractivity contribution in [3.8, 4) is 0 Å². The number of nitrogens with one attached hydrogen (secondary N) is 5. The van der Waals surface area contributed by atoms with E-state index in [1.807, 2.05) is 139 Å². The highest BCUT2D eigenvalue weighted by Gasteiger charge is 2.14. The van der Waals surface area contributed by atoms with Crippen molar-refractivity contribution in [1.29, 1.82) is 0 Å². The summed E-state index contributed by atoms with van der Waals surface area (Å²) in [4.78, 5) is 77.6. The van der Waals surface area contributed by atoms with E-state index < -0.39 is 29.5 Å². The Morgan fingerprint density at radius 1 is 0.333 bits per heavy atom. The van der Waals surface area contributed by atoms with Gasteiger partial charge in [0.25, 0.3) is 29.5 Å². The molecule has 5 aromatic heterocycles. The van der Waals surface area contributed by atoms with E-state index in [4.69, 9.17) is 36.0 Å². The Morgan fingerprint density at radius 3 is 1.01 bits per heavy atom. The summed E-state index contributed by atoms with van der Waals surface area (Å²) in [6.07, 6.45) is 25.8. The Kier molecular flexibility index (Phi) is 29.9. The molecule has 5 amide bonds. The first kappa shape index (κ1) is 79.1. The van der Waals surface area contributed by atoms with Gasteiger partial charge in [-0.25, -0.2) is 52.3 Å². The highest BCUT2D eigenvalue weighted by Crippen LogP contribution is 2.25. The molecular weight excluding hydrogens is 1370 g/mol. The SMILES string of the molecule is CCCn1c(CCc2ccccc2)nc2cc(/C=C/C(=O)NO)ccc21.CCCn1cnc2cc(/C=C/C(=O)NO)ccc21.CCn1c(CCc2ccccc2)nc2cc(/C=C/C(=O)NO)ccc21.CCn1cnc2cc(/C=C/C(=O)NO)ccc21.O=C(/C=C/c1ccc2c(c1)ncn2Cc1ccccc1)NO. The molecule has 0 aliphatic carbocycles. The first-order valence-electron chi connectivity index (χ1n) is 35.2. The molecule has 0 unspecified atom stereocenters. The van der Waals surface area contributed by atoms with Gasteiger partial charge in [-0.3, -0.25) is 50.0 Å². The molecule has 0 fully saturated rings. The van der Waals surface area contributed by atoms with Gasteiger partial charge in [0.05, 0.1) is 74.1 Å². The van der Waals surface area contributed by atoms with Crippen molar-refractivity contribution in [2.24, 2.45) is 0 Å². The largest absolute Gasteiger partial charge is 0.331 e. The Labute approximate surface area is 623 Å². The van der Waals surface area contributed by atoms with Crippen molar-refractivity contribution in [1.82, 2.24) is 75.2 Å². The maximum absolute atomic E-state index is 11.1. The molecule has 0 spiro atoms. The normalized spacial score (nSPS) is 11.2. The third-order valence-corrected chi connectivity index (χ3v) is 17.0. The van der Waals surface area contributed by atoms with E-state index in [-0.39, 0.29) is 0 Å². The van der Waals surface area contributed by atoms with E-state index >= 15 is 0 Å². The zero-order valence-corrected chi connectivity index (χ0v) is 60.4. The van der Waals surface area contributed by atoms with Crippen molar-refractivity contribution in [2.75, 3.05) is 0 Å². The smallest absolute Gasteiger partial charge is 0.267 e. The zero-order chi connectivity index (χ0) is 76.6. The maximum Gasteiger partial charge on any atom is 0.267 e. The number of hydroxylamine groups is 5. The molecule has 108 heavy (non-hydrogen) atoms. The van der Waals surface area contributed by atoms with Crippen molar-refractivity contribution in [3.63, 3.8) is 0 Å². The van der Waals surface area contributed by atoms with Gasteiger partial charge >= 0.3 is 0 Å². The van der Waals surface area contributed by atoms with Gasteiger partial charge in [0.1, 0.15) is 11.6 Å². The molecular formula is C83H87N15O10. The molecule has 0 aliphatic heterocycles. The lowest BCUT2D eigenvalue weighted by atomic mass is 10.1. The number of imidazole rings is 5. The fourth-order valence-corrected chi connectivity index (χ4v) is 11.8. The van der Waals surface area contributed by atoms with Crippen molar-refractivity contribution in [2.45, 2.75) is 98.9 Å². The van der Waals surface area contributed by atoms with E-state index in [9.17, 15) is 24.0 Å². The summed E-state index contributed by atoms with van der Waals surface area (Å²) >= 11 is 0. The van der Waals surface area contributed by atoms with Gasteiger partial charge in [0.15, 0.2) is 0 Å². The predicted octanol–water partition coefficient (Wildman–Crippen LogP) is 13.3.